The lowest BCUT2D eigenvalue weighted by Crippen LogP contribution is -2.47. The number of ether oxygens (including phenoxy) is 1. The Labute approximate surface area is 136 Å². The molecule has 0 aliphatic carbocycles. The van der Waals surface area contributed by atoms with Gasteiger partial charge in [-0.3, -0.25) is 4.79 Å². The Kier molecular flexibility index (Phi) is 5.61. The highest BCUT2D eigenvalue weighted by Gasteiger charge is 2.34. The van der Waals surface area contributed by atoms with Crippen molar-refractivity contribution in [1.82, 2.24) is 8.61 Å². The summed E-state index contributed by atoms with van der Waals surface area (Å²) in [5.74, 6) is -0.915. The molecule has 0 aromatic heterocycles. The third-order valence-corrected chi connectivity index (χ3v) is 5.89. The van der Waals surface area contributed by atoms with Crippen LogP contribution in [0.1, 0.15) is 18.4 Å². The molecule has 1 atom stereocenters. The van der Waals surface area contributed by atoms with Crippen LogP contribution in [0.25, 0.3) is 0 Å². The molecule has 128 valence electrons. The van der Waals surface area contributed by atoms with Gasteiger partial charge in [0.15, 0.2) is 0 Å². The fraction of sp³-hybridized carbons (Fsp3) is 0.533. The largest absolute Gasteiger partial charge is 0.497 e. The van der Waals surface area contributed by atoms with E-state index >= 15 is 0 Å². The van der Waals surface area contributed by atoms with Gasteiger partial charge in [-0.05, 0) is 30.5 Å². The van der Waals surface area contributed by atoms with Gasteiger partial charge in [-0.15, -0.1) is 0 Å². The maximum absolute atomic E-state index is 12.6. The molecule has 1 aliphatic heterocycles. The smallest absolute Gasteiger partial charge is 0.307 e. The van der Waals surface area contributed by atoms with Crippen molar-refractivity contribution < 1.29 is 23.1 Å². The van der Waals surface area contributed by atoms with Gasteiger partial charge in [-0.2, -0.15) is 17.0 Å². The molecule has 1 aliphatic rings. The van der Waals surface area contributed by atoms with Crippen LogP contribution in [0.2, 0.25) is 0 Å². The lowest BCUT2D eigenvalue weighted by Gasteiger charge is -2.32. The van der Waals surface area contributed by atoms with Crippen molar-refractivity contribution in [2.45, 2.75) is 19.4 Å². The molecular weight excluding hydrogens is 320 g/mol. The maximum atomic E-state index is 12.6. The van der Waals surface area contributed by atoms with Crippen LogP contribution in [0.5, 0.6) is 5.75 Å². The minimum Gasteiger partial charge on any atom is -0.497 e. The summed E-state index contributed by atoms with van der Waals surface area (Å²) in [4.78, 5) is 11.1. The second-order valence-corrected chi connectivity index (χ2v) is 7.69. The average molecular weight is 342 g/mol. The first-order valence-corrected chi connectivity index (χ1v) is 8.81. The van der Waals surface area contributed by atoms with E-state index in [9.17, 15) is 13.2 Å². The molecule has 1 N–H and O–H groups in total. The summed E-state index contributed by atoms with van der Waals surface area (Å²) in [7, 11) is -0.630. The van der Waals surface area contributed by atoms with E-state index in [1.807, 2.05) is 6.07 Å². The highest BCUT2D eigenvalue weighted by atomic mass is 32.2. The molecule has 1 aromatic rings. The number of benzene rings is 1. The molecule has 7 nitrogen and oxygen atoms in total. The Morgan fingerprint density at radius 1 is 1.48 bits per heavy atom. The minimum absolute atomic E-state index is 0.0279. The van der Waals surface area contributed by atoms with Gasteiger partial charge >= 0.3 is 5.97 Å². The van der Waals surface area contributed by atoms with Crippen molar-refractivity contribution >= 4 is 16.2 Å². The number of aliphatic carboxylic acids is 1. The highest BCUT2D eigenvalue weighted by Crippen LogP contribution is 2.22. The van der Waals surface area contributed by atoms with Gasteiger partial charge in [-0.1, -0.05) is 12.1 Å². The van der Waals surface area contributed by atoms with Crippen molar-refractivity contribution in [1.29, 1.82) is 0 Å². The highest BCUT2D eigenvalue weighted by molar-refractivity contribution is 7.86. The van der Waals surface area contributed by atoms with Gasteiger partial charge in [0.05, 0.1) is 13.0 Å². The van der Waals surface area contributed by atoms with E-state index in [4.69, 9.17) is 9.84 Å². The molecule has 1 saturated heterocycles. The van der Waals surface area contributed by atoms with Gasteiger partial charge in [0.25, 0.3) is 10.2 Å². The number of nitrogens with zero attached hydrogens (tertiary/aromatic N) is 2. The average Bonchev–Trinajstić information content (AvgIpc) is 2.55. The Morgan fingerprint density at radius 3 is 2.87 bits per heavy atom. The van der Waals surface area contributed by atoms with Crippen molar-refractivity contribution in [2.75, 3.05) is 27.2 Å². The van der Waals surface area contributed by atoms with Crippen molar-refractivity contribution in [3.63, 3.8) is 0 Å². The van der Waals surface area contributed by atoms with Crippen LogP contribution < -0.4 is 4.74 Å². The zero-order valence-electron chi connectivity index (χ0n) is 13.3. The van der Waals surface area contributed by atoms with Crippen LogP contribution in [0.15, 0.2) is 24.3 Å². The van der Waals surface area contributed by atoms with Crippen molar-refractivity contribution in [2.24, 2.45) is 5.92 Å². The second kappa shape index (κ2) is 7.29. The summed E-state index contributed by atoms with van der Waals surface area (Å²) in [5.41, 5.74) is 0.808. The minimum atomic E-state index is -3.68. The predicted molar refractivity (Wildman–Crippen MR) is 85.3 cm³/mol. The molecule has 1 heterocycles. The summed E-state index contributed by atoms with van der Waals surface area (Å²) in [6.07, 6.45) is 1.07. The van der Waals surface area contributed by atoms with E-state index in [1.165, 1.54) is 15.7 Å². The van der Waals surface area contributed by atoms with Crippen molar-refractivity contribution in [3.05, 3.63) is 29.8 Å². The van der Waals surface area contributed by atoms with E-state index < -0.39 is 22.1 Å². The lowest BCUT2D eigenvalue weighted by molar-refractivity contribution is -0.142. The number of carboxylic acid groups (broad SMARTS) is 1. The van der Waals surface area contributed by atoms with Crippen molar-refractivity contribution in [3.8, 4) is 5.75 Å². The molecule has 2 rings (SSSR count). The van der Waals surface area contributed by atoms with E-state index in [2.05, 4.69) is 0 Å². The molecule has 8 heteroatoms. The number of carbonyl (C=O) groups is 1. The van der Waals surface area contributed by atoms with Crippen LogP contribution in [-0.4, -0.2) is 55.4 Å². The van der Waals surface area contributed by atoms with Gasteiger partial charge < -0.3 is 9.84 Å². The maximum Gasteiger partial charge on any atom is 0.307 e. The Balaban J connectivity index is 2.10. The standard InChI is InChI=1S/C15H22N2O5S/c1-16(10-12-5-3-7-14(9-12)22-2)23(20,21)17-8-4-6-13(11-17)15(18)19/h3,5,7,9,13H,4,6,8,10-11H2,1-2H3,(H,18,19). The molecular formula is C15H22N2O5S. The molecule has 1 aromatic carbocycles. The third kappa shape index (κ3) is 4.21. The third-order valence-electron chi connectivity index (χ3n) is 3.99. The summed E-state index contributed by atoms with van der Waals surface area (Å²) in [6.45, 7) is 0.586. The molecule has 1 fully saturated rings. The number of hydrogen-bond donors (Lipinski definition) is 1. The Hall–Kier alpha value is -1.64. The fourth-order valence-corrected chi connectivity index (χ4v) is 4.09. The number of piperidine rings is 1. The van der Waals surface area contributed by atoms with E-state index in [-0.39, 0.29) is 13.1 Å². The predicted octanol–water partition coefficient (Wildman–Crippen LogP) is 1.17. The van der Waals surface area contributed by atoms with E-state index in [0.29, 0.717) is 25.1 Å². The summed E-state index contributed by atoms with van der Waals surface area (Å²) in [6, 6.07) is 7.20. The Morgan fingerprint density at radius 2 is 2.22 bits per heavy atom. The van der Waals surface area contributed by atoms with Gasteiger partial charge in [0.1, 0.15) is 5.75 Å². The van der Waals surface area contributed by atoms with Crippen LogP contribution in [0, 0.1) is 5.92 Å². The van der Waals surface area contributed by atoms with Gasteiger partial charge in [0, 0.05) is 26.7 Å². The normalized spacial score (nSPS) is 19.7. The first-order valence-electron chi connectivity index (χ1n) is 7.41. The van der Waals surface area contributed by atoms with Gasteiger partial charge in [-0.25, -0.2) is 0 Å². The van der Waals surface area contributed by atoms with Gasteiger partial charge in [0.2, 0.25) is 0 Å². The van der Waals surface area contributed by atoms with E-state index in [1.54, 1.807) is 25.3 Å². The summed E-state index contributed by atoms with van der Waals surface area (Å²) >= 11 is 0. The number of hydrogen-bond acceptors (Lipinski definition) is 4. The first-order chi connectivity index (χ1) is 10.8. The summed E-state index contributed by atoms with van der Waals surface area (Å²) in [5, 5.41) is 9.10. The molecule has 0 bridgehead atoms. The summed E-state index contributed by atoms with van der Waals surface area (Å²) < 4.78 is 32.9. The second-order valence-electron chi connectivity index (χ2n) is 5.65. The SMILES string of the molecule is COc1cccc(CN(C)S(=O)(=O)N2CCCC(C(=O)O)C2)c1. The zero-order chi connectivity index (χ0) is 17.0. The zero-order valence-corrected chi connectivity index (χ0v) is 14.1. The topological polar surface area (TPSA) is 87.2 Å². The molecule has 1 unspecified atom stereocenters. The molecule has 0 saturated carbocycles. The van der Waals surface area contributed by atoms with Crippen LogP contribution >= 0.6 is 0 Å². The molecule has 23 heavy (non-hydrogen) atoms. The van der Waals surface area contributed by atoms with Crippen LogP contribution in [0.4, 0.5) is 0 Å². The number of carboxylic acids is 1. The van der Waals surface area contributed by atoms with Crippen LogP contribution in [-0.2, 0) is 21.5 Å². The molecule has 0 spiro atoms. The van der Waals surface area contributed by atoms with E-state index in [0.717, 1.165) is 5.56 Å². The quantitative estimate of drug-likeness (QED) is 0.838. The number of methoxy groups -OCH3 is 1. The monoisotopic (exact) mass is 342 g/mol. The molecule has 0 amide bonds. The van der Waals surface area contributed by atoms with Crippen LogP contribution in [0.3, 0.4) is 0 Å². The fourth-order valence-electron chi connectivity index (χ4n) is 2.66. The number of rotatable bonds is 6. The Bertz CT molecular complexity index is 662. The first kappa shape index (κ1) is 17.7. The lowest BCUT2D eigenvalue weighted by atomic mass is 10.0. The molecule has 0 radical (unpaired) electrons.